The monoisotopic (exact) mass is 566 g/mol. The second-order valence-corrected chi connectivity index (χ2v) is 9.47. The summed E-state index contributed by atoms with van der Waals surface area (Å²) in [6.07, 6.45) is -1.09. The van der Waals surface area contributed by atoms with Crippen LogP contribution >= 0.6 is 11.8 Å². The molecule has 15 nitrogen and oxygen atoms in total. The molecule has 6 N–H and O–H groups in total. The fourth-order valence-corrected chi connectivity index (χ4v) is 5.20. The van der Waals surface area contributed by atoms with Crippen LogP contribution in [-0.2, 0) is 44.6 Å². The van der Waals surface area contributed by atoms with E-state index in [9.17, 15) is 33.9 Å². The van der Waals surface area contributed by atoms with Gasteiger partial charge in [0.05, 0.1) is 6.42 Å². The molecule has 3 rings (SSSR count). The Morgan fingerprint density at radius 3 is 2.41 bits per heavy atom. The summed E-state index contributed by atoms with van der Waals surface area (Å²) in [6, 6.07) is 4.68. The van der Waals surface area contributed by atoms with Crippen molar-refractivity contribution < 1.29 is 53.2 Å². The molecule has 0 aliphatic carbocycles. The van der Waals surface area contributed by atoms with Gasteiger partial charge in [-0.15, -0.1) is 11.8 Å². The van der Waals surface area contributed by atoms with Crippen LogP contribution < -0.4 is 16.4 Å². The van der Waals surface area contributed by atoms with Gasteiger partial charge in [-0.3, -0.25) is 29.4 Å². The van der Waals surface area contributed by atoms with E-state index >= 15 is 0 Å². The Morgan fingerprint density at radius 2 is 1.85 bits per heavy atom. The smallest absolute Gasteiger partial charge is 0.411 e. The van der Waals surface area contributed by atoms with Gasteiger partial charge >= 0.3 is 24.0 Å². The van der Waals surface area contributed by atoms with E-state index < -0.39 is 59.6 Å². The first-order valence-electron chi connectivity index (χ1n) is 11.3. The second-order valence-electron chi connectivity index (χ2n) is 8.41. The van der Waals surface area contributed by atoms with Gasteiger partial charge in [0, 0.05) is 31.0 Å². The molecule has 210 valence electrons. The Morgan fingerprint density at radius 1 is 1.18 bits per heavy atom. The molecule has 3 atom stereocenters. The summed E-state index contributed by atoms with van der Waals surface area (Å²) in [5, 5.41) is 22.5. The molecule has 16 heteroatoms. The van der Waals surface area contributed by atoms with Crippen molar-refractivity contribution in [3.05, 3.63) is 41.1 Å². The van der Waals surface area contributed by atoms with Crippen molar-refractivity contribution in [2.24, 2.45) is 5.73 Å². The lowest BCUT2D eigenvalue weighted by atomic mass is 9.97. The molecule has 0 spiro atoms. The summed E-state index contributed by atoms with van der Waals surface area (Å²) in [7, 11) is 1.22. The van der Waals surface area contributed by atoms with Crippen LogP contribution in [0.25, 0.3) is 0 Å². The highest BCUT2D eigenvalue weighted by molar-refractivity contribution is 8.00. The normalized spacial score (nSPS) is 20.7. The number of amides is 3. The number of anilines is 1. The average Bonchev–Trinajstić information content (AvgIpc) is 2.89. The summed E-state index contributed by atoms with van der Waals surface area (Å²) in [5.41, 5.74) is 4.21. The average molecular weight is 567 g/mol. The number of carboxylic acids is 2. The Labute approximate surface area is 225 Å². The molecule has 0 saturated carbocycles. The quantitative estimate of drug-likeness (QED) is 0.129. The molecule has 0 bridgehead atoms. The lowest BCUT2D eigenvalue weighted by molar-refractivity contribution is -0.192. The standard InChI is InChI=1S/C23H26N4O11S/c1-11(28)37-8-13-10-39-21-23(36-2,20(34)27(21)17(13)19(32)33)26-16(29)7-12-3-5-14(6-4-12)25-22(35)38-9-15(24)18(30)31/h3-6,15,21H,7-10,24H2,1-2H3,(H,25,35)(H,26,29)(H,30,31)(H,32,33)/t15-,21+,23+/m1/s1. The largest absolute Gasteiger partial charge is 0.480 e. The Balaban J connectivity index is 1.62. The number of esters is 1. The lowest BCUT2D eigenvalue weighted by Crippen LogP contribution is -2.80. The molecule has 0 unspecified atom stereocenters. The van der Waals surface area contributed by atoms with Gasteiger partial charge < -0.3 is 35.5 Å². The Kier molecular flexibility index (Phi) is 9.15. The van der Waals surface area contributed by atoms with Crippen LogP contribution in [0.5, 0.6) is 0 Å². The maximum atomic E-state index is 13.1. The number of nitrogens with two attached hydrogens (primary N) is 1. The summed E-state index contributed by atoms with van der Waals surface area (Å²) >= 11 is 1.15. The zero-order chi connectivity index (χ0) is 28.9. The highest BCUT2D eigenvalue weighted by Crippen LogP contribution is 2.46. The number of carbonyl (C=O) groups is 6. The van der Waals surface area contributed by atoms with Gasteiger partial charge in [0.15, 0.2) is 0 Å². The minimum atomic E-state index is -1.79. The number of carboxylic acid groups (broad SMARTS) is 2. The van der Waals surface area contributed by atoms with Gasteiger partial charge in [0.25, 0.3) is 11.6 Å². The molecular formula is C23H26N4O11S. The van der Waals surface area contributed by atoms with E-state index in [4.69, 9.17) is 25.1 Å². The number of fused-ring (bicyclic) bond motifs is 1. The molecule has 0 aromatic heterocycles. The lowest BCUT2D eigenvalue weighted by Gasteiger charge is -2.55. The summed E-state index contributed by atoms with van der Waals surface area (Å²) in [6.45, 7) is 0.373. The third kappa shape index (κ3) is 6.47. The van der Waals surface area contributed by atoms with E-state index in [0.717, 1.165) is 16.7 Å². The molecular weight excluding hydrogens is 540 g/mol. The topological polar surface area (TPSA) is 224 Å². The van der Waals surface area contributed by atoms with Gasteiger partial charge in [-0.1, -0.05) is 12.1 Å². The third-order valence-electron chi connectivity index (χ3n) is 5.69. The van der Waals surface area contributed by atoms with Crippen LogP contribution in [0, 0.1) is 0 Å². The number of ether oxygens (including phenoxy) is 3. The fraction of sp³-hybridized carbons (Fsp3) is 0.391. The van der Waals surface area contributed by atoms with Gasteiger partial charge in [0.2, 0.25) is 5.91 Å². The first kappa shape index (κ1) is 29.4. The summed E-state index contributed by atoms with van der Waals surface area (Å²) in [5.74, 6) is -4.54. The predicted octanol–water partition coefficient (Wildman–Crippen LogP) is -0.535. The second kappa shape index (κ2) is 12.1. The van der Waals surface area contributed by atoms with Crippen LogP contribution in [0.15, 0.2) is 35.5 Å². The highest BCUT2D eigenvalue weighted by atomic mass is 32.2. The number of rotatable bonds is 11. The van der Waals surface area contributed by atoms with Crippen LogP contribution in [-0.4, -0.2) is 94.1 Å². The van der Waals surface area contributed by atoms with Crippen molar-refractivity contribution in [3.63, 3.8) is 0 Å². The number of aliphatic carboxylic acids is 2. The Bertz CT molecular complexity index is 1220. The third-order valence-corrected chi connectivity index (χ3v) is 7.06. The Hall–Kier alpha value is -4.15. The number of hydrogen-bond acceptors (Lipinski definition) is 11. The van der Waals surface area contributed by atoms with Gasteiger partial charge in [-0.25, -0.2) is 9.59 Å². The van der Waals surface area contributed by atoms with Gasteiger partial charge in [-0.2, -0.15) is 0 Å². The first-order valence-corrected chi connectivity index (χ1v) is 12.4. The molecule has 1 aromatic rings. The van der Waals surface area contributed by atoms with Crippen LogP contribution in [0.1, 0.15) is 12.5 Å². The molecule has 2 heterocycles. The number of β-lactam (4-membered cyclic amide) rings is 1. The molecule has 1 aromatic carbocycles. The number of nitrogens with zero attached hydrogens (tertiary/aromatic N) is 1. The summed E-state index contributed by atoms with van der Waals surface area (Å²) < 4.78 is 15.0. The minimum Gasteiger partial charge on any atom is -0.480 e. The molecule has 2 aliphatic heterocycles. The van der Waals surface area contributed by atoms with Gasteiger partial charge in [0.1, 0.15) is 30.3 Å². The van der Waals surface area contributed by atoms with Crippen molar-refractivity contribution >= 4 is 53.3 Å². The van der Waals surface area contributed by atoms with E-state index in [1.165, 1.54) is 38.3 Å². The SMILES string of the molecule is CO[C@@]1(NC(=O)Cc2ccc(NC(=O)OC[C@@H](N)C(=O)O)cc2)C(=O)N2C(C(=O)O)=C(COC(C)=O)CS[C@H]21. The molecule has 1 fully saturated rings. The number of benzene rings is 1. The van der Waals surface area contributed by atoms with E-state index in [1.54, 1.807) is 0 Å². The van der Waals surface area contributed by atoms with E-state index in [0.29, 0.717) is 11.3 Å². The number of carbonyl (C=O) groups excluding carboxylic acids is 4. The van der Waals surface area contributed by atoms with Crippen molar-refractivity contribution in [1.82, 2.24) is 10.2 Å². The molecule has 39 heavy (non-hydrogen) atoms. The molecule has 2 aliphatic rings. The first-order chi connectivity index (χ1) is 18.4. The number of nitrogens with one attached hydrogen (secondary N) is 2. The predicted molar refractivity (Wildman–Crippen MR) is 133 cm³/mol. The molecule has 1 saturated heterocycles. The van der Waals surface area contributed by atoms with E-state index in [-0.39, 0.29) is 30.1 Å². The van der Waals surface area contributed by atoms with E-state index in [1.807, 2.05) is 0 Å². The maximum absolute atomic E-state index is 13.1. The van der Waals surface area contributed by atoms with Crippen molar-refractivity contribution in [2.75, 3.05) is 31.4 Å². The zero-order valence-electron chi connectivity index (χ0n) is 20.8. The van der Waals surface area contributed by atoms with Crippen molar-refractivity contribution in [2.45, 2.75) is 30.5 Å². The molecule has 3 amide bonds. The minimum absolute atomic E-state index is 0.128. The van der Waals surface area contributed by atoms with E-state index in [2.05, 4.69) is 10.6 Å². The summed E-state index contributed by atoms with van der Waals surface area (Å²) in [4.78, 5) is 72.4. The highest BCUT2D eigenvalue weighted by Gasteiger charge is 2.66. The van der Waals surface area contributed by atoms with Crippen LogP contribution in [0.2, 0.25) is 0 Å². The maximum Gasteiger partial charge on any atom is 0.411 e. The van der Waals surface area contributed by atoms with Crippen molar-refractivity contribution in [1.29, 1.82) is 0 Å². The fourth-order valence-electron chi connectivity index (χ4n) is 3.78. The molecule has 0 radical (unpaired) electrons. The van der Waals surface area contributed by atoms with Crippen molar-refractivity contribution in [3.8, 4) is 0 Å². The number of methoxy groups -OCH3 is 1. The zero-order valence-corrected chi connectivity index (χ0v) is 21.6. The number of hydrogen-bond donors (Lipinski definition) is 5. The van der Waals surface area contributed by atoms with Gasteiger partial charge in [-0.05, 0) is 17.7 Å². The number of thioether (sulfide) groups is 1. The van der Waals surface area contributed by atoms with Crippen LogP contribution in [0.3, 0.4) is 0 Å². The van der Waals surface area contributed by atoms with Crippen LogP contribution in [0.4, 0.5) is 10.5 Å².